The average Bonchev–Trinajstić information content (AvgIpc) is 3.05. The zero-order chi connectivity index (χ0) is 22.5. The predicted molar refractivity (Wildman–Crippen MR) is 121 cm³/mol. The van der Waals surface area contributed by atoms with Crippen molar-refractivity contribution in [2.75, 3.05) is 22.1 Å². The second kappa shape index (κ2) is 7.23. The Morgan fingerprint density at radius 1 is 1.00 bits per heavy atom. The molecule has 2 amide bonds. The normalized spacial score (nSPS) is 18.6. The summed E-state index contributed by atoms with van der Waals surface area (Å²) in [5.41, 5.74) is 2.71. The summed E-state index contributed by atoms with van der Waals surface area (Å²) in [6.45, 7) is 3.95. The Hall–Kier alpha value is -4.13. The maximum absolute atomic E-state index is 13.8. The van der Waals surface area contributed by atoms with Crippen molar-refractivity contribution in [2.24, 2.45) is 0 Å². The monoisotopic (exact) mass is 427 g/mol. The standard InChI is InChI=1S/C25H21N3O4/c1-3-32-23(30)16-9-11-17(12-10-16)28-22(29)18-6-4-5-7-20(18)27-25(28)19-14-15(2)8-13-21(19)26-24(25)31/h4-14,27H,3H2,1-2H3,(H,26,31)/t25-/m0/s1. The molecule has 3 aromatic rings. The second-order valence-corrected chi connectivity index (χ2v) is 7.79. The van der Waals surface area contributed by atoms with Gasteiger partial charge in [0.2, 0.25) is 5.66 Å². The number of carbonyl (C=O) groups excluding carboxylic acids is 3. The van der Waals surface area contributed by atoms with Crippen LogP contribution in [0.25, 0.3) is 0 Å². The third-order valence-electron chi connectivity index (χ3n) is 5.79. The number of hydrogen-bond donors (Lipinski definition) is 2. The first-order valence-corrected chi connectivity index (χ1v) is 10.4. The van der Waals surface area contributed by atoms with Crippen LogP contribution in [0.1, 0.15) is 38.8 Å². The number of amides is 2. The molecule has 0 bridgehead atoms. The van der Waals surface area contributed by atoms with E-state index in [2.05, 4.69) is 10.6 Å². The summed E-state index contributed by atoms with van der Waals surface area (Å²) in [7, 11) is 0. The number of carbonyl (C=O) groups is 3. The third-order valence-corrected chi connectivity index (χ3v) is 5.79. The van der Waals surface area contributed by atoms with Gasteiger partial charge in [0.05, 0.1) is 17.7 Å². The van der Waals surface area contributed by atoms with Gasteiger partial charge in [-0.25, -0.2) is 4.79 Å². The van der Waals surface area contributed by atoms with Crippen molar-refractivity contribution in [1.82, 2.24) is 0 Å². The van der Waals surface area contributed by atoms with Crippen LogP contribution in [0.4, 0.5) is 17.1 Å². The van der Waals surface area contributed by atoms with Crippen molar-refractivity contribution in [1.29, 1.82) is 0 Å². The van der Waals surface area contributed by atoms with E-state index in [4.69, 9.17) is 4.74 Å². The molecule has 1 spiro atoms. The Morgan fingerprint density at radius 2 is 1.75 bits per heavy atom. The summed E-state index contributed by atoms with van der Waals surface area (Å²) in [5, 5.41) is 6.26. The molecule has 2 heterocycles. The summed E-state index contributed by atoms with van der Waals surface area (Å²) < 4.78 is 5.05. The third kappa shape index (κ3) is 2.78. The zero-order valence-electron chi connectivity index (χ0n) is 17.6. The molecule has 0 unspecified atom stereocenters. The molecule has 2 N–H and O–H groups in total. The molecule has 3 aromatic carbocycles. The van der Waals surface area contributed by atoms with Crippen LogP contribution >= 0.6 is 0 Å². The summed E-state index contributed by atoms with van der Waals surface area (Å²) in [6, 6.07) is 19.3. The largest absolute Gasteiger partial charge is 0.462 e. The van der Waals surface area contributed by atoms with Gasteiger partial charge < -0.3 is 15.4 Å². The number of benzene rings is 3. The van der Waals surface area contributed by atoms with E-state index in [0.717, 1.165) is 5.56 Å². The van der Waals surface area contributed by atoms with Crippen LogP contribution < -0.4 is 15.5 Å². The fraction of sp³-hybridized carbons (Fsp3) is 0.160. The van der Waals surface area contributed by atoms with Gasteiger partial charge in [-0.15, -0.1) is 0 Å². The Morgan fingerprint density at radius 3 is 2.50 bits per heavy atom. The maximum Gasteiger partial charge on any atom is 0.338 e. The van der Waals surface area contributed by atoms with Gasteiger partial charge in [-0.05, 0) is 62.4 Å². The van der Waals surface area contributed by atoms with Crippen molar-refractivity contribution >= 4 is 34.8 Å². The fourth-order valence-corrected chi connectivity index (χ4v) is 4.32. The van der Waals surface area contributed by atoms with E-state index < -0.39 is 11.6 Å². The number of fused-ring (bicyclic) bond motifs is 3. The summed E-state index contributed by atoms with van der Waals surface area (Å²) in [5.74, 6) is -1.11. The quantitative estimate of drug-likeness (QED) is 0.616. The van der Waals surface area contributed by atoms with E-state index in [1.54, 1.807) is 49.4 Å². The smallest absolute Gasteiger partial charge is 0.338 e. The molecule has 2 aliphatic heterocycles. The first-order valence-electron chi connectivity index (χ1n) is 10.4. The topological polar surface area (TPSA) is 87.7 Å². The Kier molecular flexibility index (Phi) is 4.48. The zero-order valence-corrected chi connectivity index (χ0v) is 17.6. The molecule has 1 atom stereocenters. The van der Waals surface area contributed by atoms with Crippen molar-refractivity contribution < 1.29 is 19.1 Å². The molecule has 0 saturated heterocycles. The lowest BCUT2D eigenvalue weighted by Gasteiger charge is -2.44. The molecule has 0 fully saturated rings. The minimum Gasteiger partial charge on any atom is -0.462 e. The van der Waals surface area contributed by atoms with Crippen molar-refractivity contribution in [3.05, 3.63) is 89.0 Å². The lowest BCUT2D eigenvalue weighted by atomic mass is 9.91. The average molecular weight is 427 g/mol. The van der Waals surface area contributed by atoms with E-state index in [-0.39, 0.29) is 18.4 Å². The number of ether oxygens (including phenoxy) is 1. The van der Waals surface area contributed by atoms with Gasteiger partial charge in [0.25, 0.3) is 11.8 Å². The lowest BCUT2D eigenvalue weighted by molar-refractivity contribution is -0.119. The van der Waals surface area contributed by atoms with Gasteiger partial charge in [0.1, 0.15) is 0 Å². The van der Waals surface area contributed by atoms with Crippen molar-refractivity contribution in [3.63, 3.8) is 0 Å². The highest BCUT2D eigenvalue weighted by Gasteiger charge is 2.57. The van der Waals surface area contributed by atoms with Gasteiger partial charge in [0.15, 0.2) is 0 Å². The van der Waals surface area contributed by atoms with Crippen molar-refractivity contribution in [3.8, 4) is 0 Å². The molecule has 7 nitrogen and oxygen atoms in total. The van der Waals surface area contributed by atoms with E-state index in [0.29, 0.717) is 33.8 Å². The van der Waals surface area contributed by atoms with Crippen LogP contribution in [0.3, 0.4) is 0 Å². The van der Waals surface area contributed by atoms with Crippen LogP contribution in [0.5, 0.6) is 0 Å². The highest BCUT2D eigenvalue weighted by molar-refractivity contribution is 6.22. The highest BCUT2D eigenvalue weighted by Crippen LogP contribution is 2.47. The molecule has 2 aliphatic rings. The Bertz CT molecular complexity index is 1270. The maximum atomic E-state index is 13.8. The predicted octanol–water partition coefficient (Wildman–Crippen LogP) is 4.05. The van der Waals surface area contributed by atoms with Crippen LogP contribution in [0.2, 0.25) is 0 Å². The van der Waals surface area contributed by atoms with E-state index in [1.807, 2.05) is 31.2 Å². The molecule has 7 heteroatoms. The fourth-order valence-electron chi connectivity index (χ4n) is 4.32. The van der Waals surface area contributed by atoms with Gasteiger partial charge in [-0.3, -0.25) is 14.5 Å². The highest BCUT2D eigenvalue weighted by atomic mass is 16.5. The lowest BCUT2D eigenvalue weighted by Crippen LogP contribution is -2.61. The number of aryl methyl sites for hydroxylation is 1. The molecular formula is C25H21N3O4. The number of nitrogens with one attached hydrogen (secondary N) is 2. The minimum atomic E-state index is -1.46. The van der Waals surface area contributed by atoms with E-state index in [1.165, 1.54) is 4.90 Å². The first kappa shape index (κ1) is 19.8. The Labute approximate surface area is 185 Å². The molecule has 5 rings (SSSR count). The number of anilines is 3. The number of nitrogens with zero attached hydrogens (tertiary/aromatic N) is 1. The first-order chi connectivity index (χ1) is 15.5. The molecule has 0 aromatic heterocycles. The molecule has 160 valence electrons. The molecule has 0 aliphatic carbocycles. The number of para-hydroxylation sites is 1. The summed E-state index contributed by atoms with van der Waals surface area (Å²) in [4.78, 5) is 40.8. The van der Waals surface area contributed by atoms with Gasteiger partial charge in [-0.2, -0.15) is 0 Å². The van der Waals surface area contributed by atoms with Crippen LogP contribution in [0.15, 0.2) is 66.7 Å². The molecule has 0 radical (unpaired) electrons. The second-order valence-electron chi connectivity index (χ2n) is 7.79. The van der Waals surface area contributed by atoms with Crippen molar-refractivity contribution in [2.45, 2.75) is 19.5 Å². The van der Waals surface area contributed by atoms with Crippen LogP contribution in [-0.2, 0) is 15.2 Å². The number of hydrogen-bond acceptors (Lipinski definition) is 5. The van der Waals surface area contributed by atoms with Crippen LogP contribution in [-0.4, -0.2) is 24.4 Å². The van der Waals surface area contributed by atoms with E-state index >= 15 is 0 Å². The Balaban J connectivity index is 1.71. The summed E-state index contributed by atoms with van der Waals surface area (Å²) >= 11 is 0. The molecule has 32 heavy (non-hydrogen) atoms. The SMILES string of the molecule is CCOC(=O)c1ccc(N2C(=O)c3ccccc3N[C@]23C(=O)Nc2ccc(C)cc23)cc1. The summed E-state index contributed by atoms with van der Waals surface area (Å²) in [6.07, 6.45) is 0. The number of rotatable bonds is 3. The van der Waals surface area contributed by atoms with Gasteiger partial charge in [0, 0.05) is 22.6 Å². The molecular weight excluding hydrogens is 406 g/mol. The van der Waals surface area contributed by atoms with Gasteiger partial charge >= 0.3 is 5.97 Å². The van der Waals surface area contributed by atoms with Gasteiger partial charge in [-0.1, -0.05) is 23.8 Å². The number of esters is 1. The van der Waals surface area contributed by atoms with Crippen LogP contribution in [0, 0.1) is 6.92 Å². The molecule has 0 saturated carbocycles. The van der Waals surface area contributed by atoms with E-state index in [9.17, 15) is 14.4 Å². The minimum absolute atomic E-state index is 0.269.